The van der Waals surface area contributed by atoms with E-state index in [1.165, 1.54) is 0 Å². The maximum Gasteiger partial charge on any atom is 0.330 e. The van der Waals surface area contributed by atoms with Gasteiger partial charge in [-0.25, -0.2) is 4.79 Å². The maximum atomic E-state index is 10.4. The Bertz CT molecular complexity index is 209. The normalized spacial score (nSPS) is 13.1. The first-order valence-electron chi connectivity index (χ1n) is 4.34. The highest BCUT2D eigenvalue weighted by Gasteiger charge is 2.18. The first-order chi connectivity index (χ1) is 5.89. The van der Waals surface area contributed by atoms with Crippen LogP contribution in [0.3, 0.4) is 0 Å². The zero-order valence-corrected chi connectivity index (χ0v) is 9.76. The van der Waals surface area contributed by atoms with E-state index in [4.69, 9.17) is 9.53 Å². The van der Waals surface area contributed by atoms with E-state index < -0.39 is 14.3 Å². The molecule has 0 aliphatic carbocycles. The van der Waals surface area contributed by atoms with Gasteiger partial charge in [-0.1, -0.05) is 6.08 Å². The zero-order chi connectivity index (χ0) is 10.5. The average Bonchev–Trinajstić information content (AvgIpc) is 2.04. The zero-order valence-electron chi connectivity index (χ0n) is 8.76. The van der Waals surface area contributed by atoms with Gasteiger partial charge in [0, 0.05) is 12.7 Å². The van der Waals surface area contributed by atoms with Crippen LogP contribution in [0.15, 0.2) is 11.6 Å². The summed E-state index contributed by atoms with van der Waals surface area (Å²) in [5.74, 6) is -0.836. The second-order valence-electron chi connectivity index (χ2n) is 3.69. The van der Waals surface area contributed by atoms with Crippen molar-refractivity contribution in [3.63, 3.8) is 0 Å². The number of aliphatic carboxylic acids is 1. The molecule has 0 spiro atoms. The molecule has 0 atom stereocenters. The van der Waals surface area contributed by atoms with Crippen LogP contribution in [-0.4, -0.2) is 26.5 Å². The number of hydrogen-bond donors (Lipinski definition) is 1. The van der Waals surface area contributed by atoms with E-state index in [1.807, 2.05) is 0 Å². The monoisotopic (exact) mass is 202 g/mol. The molecule has 3 nitrogen and oxygen atoms in total. The van der Waals surface area contributed by atoms with E-state index in [0.29, 0.717) is 5.57 Å². The van der Waals surface area contributed by atoms with Crippen molar-refractivity contribution in [2.45, 2.75) is 32.5 Å². The molecule has 0 aliphatic rings. The second-order valence-corrected chi connectivity index (χ2v) is 8.12. The van der Waals surface area contributed by atoms with Gasteiger partial charge in [-0.2, -0.15) is 0 Å². The lowest BCUT2D eigenvalue weighted by Crippen LogP contribution is -2.27. The Labute approximate surface area is 80.5 Å². The van der Waals surface area contributed by atoms with Crippen LogP contribution >= 0.6 is 0 Å². The minimum Gasteiger partial charge on any atom is -0.478 e. The van der Waals surface area contributed by atoms with E-state index >= 15 is 0 Å². The van der Waals surface area contributed by atoms with Crippen molar-refractivity contribution in [3.8, 4) is 0 Å². The van der Waals surface area contributed by atoms with Gasteiger partial charge < -0.3 is 9.53 Å². The smallest absolute Gasteiger partial charge is 0.330 e. The summed E-state index contributed by atoms with van der Waals surface area (Å²) in [6, 6.07) is 0.966. The van der Waals surface area contributed by atoms with Gasteiger partial charge in [-0.15, -0.1) is 0 Å². The molecule has 0 saturated heterocycles. The lowest BCUT2D eigenvalue weighted by Gasteiger charge is -2.18. The lowest BCUT2D eigenvalue weighted by molar-refractivity contribution is -0.132. The van der Waals surface area contributed by atoms with Gasteiger partial charge in [0.1, 0.15) is 0 Å². The van der Waals surface area contributed by atoms with Gasteiger partial charge in [0.25, 0.3) is 0 Å². The topological polar surface area (TPSA) is 46.5 Å². The minimum atomic E-state index is -1.52. The fourth-order valence-corrected chi connectivity index (χ4v) is 1.87. The van der Waals surface area contributed by atoms with Crippen LogP contribution in [-0.2, 0) is 9.22 Å². The fourth-order valence-electron chi connectivity index (χ4n) is 0.826. The van der Waals surface area contributed by atoms with Crippen LogP contribution in [0.5, 0.6) is 0 Å². The van der Waals surface area contributed by atoms with E-state index in [1.54, 1.807) is 20.1 Å². The number of carboxylic acid groups (broad SMARTS) is 1. The third-order valence-corrected chi connectivity index (χ3v) is 4.68. The summed E-state index contributed by atoms with van der Waals surface area (Å²) in [6.45, 7) is 5.86. The number of hydrogen-bond acceptors (Lipinski definition) is 2. The summed E-state index contributed by atoms with van der Waals surface area (Å²) in [6.07, 6.45) is 2.56. The number of carboxylic acids is 1. The highest BCUT2D eigenvalue weighted by Crippen LogP contribution is 2.13. The molecular formula is C9H18O3Si. The molecule has 0 aromatic rings. The van der Waals surface area contributed by atoms with Crippen molar-refractivity contribution in [2.75, 3.05) is 7.11 Å². The highest BCUT2D eigenvalue weighted by atomic mass is 28.4. The Kier molecular flexibility index (Phi) is 4.94. The van der Waals surface area contributed by atoms with E-state index in [2.05, 4.69) is 13.1 Å². The van der Waals surface area contributed by atoms with Crippen LogP contribution in [0.4, 0.5) is 0 Å². The highest BCUT2D eigenvalue weighted by molar-refractivity contribution is 6.71. The van der Waals surface area contributed by atoms with Crippen molar-refractivity contribution in [2.24, 2.45) is 0 Å². The summed E-state index contributed by atoms with van der Waals surface area (Å²) in [4.78, 5) is 10.4. The van der Waals surface area contributed by atoms with Crippen LogP contribution in [0.25, 0.3) is 0 Å². The van der Waals surface area contributed by atoms with Crippen molar-refractivity contribution in [1.82, 2.24) is 0 Å². The molecule has 76 valence electrons. The molecule has 0 aromatic carbocycles. The Morgan fingerprint density at radius 3 is 2.46 bits per heavy atom. The molecular weight excluding hydrogens is 184 g/mol. The van der Waals surface area contributed by atoms with Crippen LogP contribution in [0, 0.1) is 0 Å². The van der Waals surface area contributed by atoms with Gasteiger partial charge in [0.2, 0.25) is 0 Å². The van der Waals surface area contributed by atoms with Crippen molar-refractivity contribution in [3.05, 3.63) is 11.6 Å². The van der Waals surface area contributed by atoms with Gasteiger partial charge in [-0.05, 0) is 32.5 Å². The summed E-state index contributed by atoms with van der Waals surface area (Å²) < 4.78 is 5.34. The largest absolute Gasteiger partial charge is 0.478 e. The van der Waals surface area contributed by atoms with Crippen LogP contribution in [0.2, 0.25) is 19.1 Å². The minimum absolute atomic E-state index is 0.418. The van der Waals surface area contributed by atoms with E-state index in [0.717, 1.165) is 12.5 Å². The number of allylic oxidation sites excluding steroid dienone is 1. The third-order valence-electron chi connectivity index (χ3n) is 2.09. The first kappa shape index (κ1) is 12.4. The molecule has 4 heteroatoms. The lowest BCUT2D eigenvalue weighted by atomic mass is 10.2. The van der Waals surface area contributed by atoms with Crippen molar-refractivity contribution < 1.29 is 14.3 Å². The molecule has 1 N–H and O–H groups in total. The van der Waals surface area contributed by atoms with E-state index in [9.17, 15) is 4.79 Å². The summed E-state index contributed by atoms with van der Waals surface area (Å²) in [5.41, 5.74) is 0.418. The molecule has 0 saturated carbocycles. The predicted octanol–water partition coefficient (Wildman–Crippen LogP) is 2.26. The summed E-state index contributed by atoms with van der Waals surface area (Å²) in [5, 5.41) is 8.58. The maximum absolute atomic E-state index is 10.4. The third kappa shape index (κ3) is 5.60. The van der Waals surface area contributed by atoms with Crippen LogP contribution < -0.4 is 0 Å². The standard InChI is InChI=1S/C9H18O3Si/c1-8(9(10)11)6-5-7-13(3,4)12-2/h6H,5,7H2,1-4H3,(H,10,11). The first-order valence-corrected chi connectivity index (χ1v) is 7.46. The second kappa shape index (κ2) is 5.19. The Balaban J connectivity index is 3.92. The Morgan fingerprint density at radius 2 is 2.08 bits per heavy atom. The Morgan fingerprint density at radius 1 is 1.54 bits per heavy atom. The summed E-state index contributed by atoms with van der Waals surface area (Å²) >= 11 is 0. The van der Waals surface area contributed by atoms with Crippen molar-refractivity contribution >= 4 is 14.3 Å². The molecule has 0 unspecified atom stereocenters. The number of carbonyl (C=O) groups is 1. The molecule has 0 aliphatic heterocycles. The average molecular weight is 202 g/mol. The van der Waals surface area contributed by atoms with Gasteiger partial charge in [0.05, 0.1) is 0 Å². The van der Waals surface area contributed by atoms with Crippen molar-refractivity contribution in [1.29, 1.82) is 0 Å². The molecule has 0 fully saturated rings. The van der Waals surface area contributed by atoms with Crippen LogP contribution in [0.1, 0.15) is 13.3 Å². The molecule has 0 rings (SSSR count). The molecule has 0 radical (unpaired) electrons. The predicted molar refractivity (Wildman–Crippen MR) is 55.3 cm³/mol. The van der Waals surface area contributed by atoms with E-state index in [-0.39, 0.29) is 0 Å². The van der Waals surface area contributed by atoms with Gasteiger partial charge >= 0.3 is 5.97 Å². The van der Waals surface area contributed by atoms with Gasteiger partial charge in [-0.3, -0.25) is 0 Å². The Hall–Kier alpha value is -0.613. The fraction of sp³-hybridized carbons (Fsp3) is 0.667. The molecule has 13 heavy (non-hydrogen) atoms. The molecule has 0 bridgehead atoms. The SMILES string of the molecule is CO[Si](C)(C)CCC=C(C)C(=O)O. The molecule has 0 heterocycles. The van der Waals surface area contributed by atoms with Gasteiger partial charge in [0.15, 0.2) is 8.32 Å². The quantitative estimate of drug-likeness (QED) is 0.549. The molecule has 0 aromatic heterocycles. The number of rotatable bonds is 5. The molecule has 0 amide bonds. The summed E-state index contributed by atoms with van der Waals surface area (Å²) in [7, 11) is 0.206.